The molecule has 0 aromatic heterocycles. The molecule has 1 heterocycles. The van der Waals surface area contributed by atoms with Crippen molar-refractivity contribution in [1.29, 1.82) is 0 Å². The molecule has 0 amide bonds. The quantitative estimate of drug-likeness (QED) is 0.593. The molecule has 4 rings (SSSR count). The Kier molecular flexibility index (Phi) is 4.09. The fourth-order valence-corrected chi connectivity index (χ4v) is 4.28. The van der Waals surface area contributed by atoms with Gasteiger partial charge in [-0.2, -0.15) is 13.2 Å². The molecule has 1 aliphatic heterocycles. The van der Waals surface area contributed by atoms with Gasteiger partial charge in [0.15, 0.2) is 0 Å². The Labute approximate surface area is 151 Å². The molecule has 26 heavy (non-hydrogen) atoms. The Morgan fingerprint density at radius 2 is 1.77 bits per heavy atom. The van der Waals surface area contributed by atoms with Crippen molar-refractivity contribution in [2.24, 2.45) is 5.92 Å². The van der Waals surface area contributed by atoms with Gasteiger partial charge in [0.1, 0.15) is 0 Å². The van der Waals surface area contributed by atoms with E-state index in [0.717, 1.165) is 17.5 Å². The largest absolute Gasteiger partial charge is 0.418 e. The van der Waals surface area contributed by atoms with Crippen LogP contribution in [0.1, 0.15) is 60.4 Å². The van der Waals surface area contributed by atoms with Crippen LogP contribution in [0, 0.1) is 5.92 Å². The number of fused-ring (bicyclic) bond motifs is 3. The van der Waals surface area contributed by atoms with Crippen LogP contribution < -0.4 is 5.32 Å². The van der Waals surface area contributed by atoms with Crippen molar-refractivity contribution in [1.82, 2.24) is 0 Å². The maximum absolute atomic E-state index is 13.5. The number of para-hydroxylation sites is 1. The highest BCUT2D eigenvalue weighted by molar-refractivity contribution is 5.65. The van der Waals surface area contributed by atoms with Gasteiger partial charge in [-0.15, -0.1) is 0 Å². The molecule has 136 valence electrons. The van der Waals surface area contributed by atoms with Crippen LogP contribution in [0.15, 0.2) is 54.6 Å². The smallest absolute Gasteiger partial charge is 0.377 e. The zero-order valence-corrected chi connectivity index (χ0v) is 14.8. The molecule has 4 heteroatoms. The number of hydrogen-bond donors (Lipinski definition) is 1. The third-order valence-corrected chi connectivity index (χ3v) is 5.66. The molecule has 2 aromatic rings. The summed E-state index contributed by atoms with van der Waals surface area (Å²) in [5.41, 5.74) is 2.72. The van der Waals surface area contributed by atoms with Crippen LogP contribution in [-0.2, 0) is 6.18 Å². The van der Waals surface area contributed by atoms with Crippen LogP contribution in [0.2, 0.25) is 0 Å². The number of allylic oxidation sites excluding steroid dienone is 2. The normalized spacial score (nSPS) is 24.3. The lowest BCUT2D eigenvalue weighted by molar-refractivity contribution is -0.137. The fourth-order valence-electron chi connectivity index (χ4n) is 4.28. The van der Waals surface area contributed by atoms with Crippen molar-refractivity contribution in [3.8, 4) is 0 Å². The van der Waals surface area contributed by atoms with E-state index in [4.69, 9.17) is 0 Å². The van der Waals surface area contributed by atoms with Gasteiger partial charge in [0, 0.05) is 5.92 Å². The van der Waals surface area contributed by atoms with Gasteiger partial charge in [0.2, 0.25) is 0 Å². The van der Waals surface area contributed by atoms with E-state index >= 15 is 0 Å². The van der Waals surface area contributed by atoms with Crippen LogP contribution in [0.25, 0.3) is 0 Å². The van der Waals surface area contributed by atoms with Crippen LogP contribution in [-0.4, -0.2) is 0 Å². The van der Waals surface area contributed by atoms with E-state index in [-0.39, 0.29) is 23.6 Å². The molecule has 0 spiro atoms. The Hall–Kier alpha value is -2.23. The second-order valence-corrected chi connectivity index (χ2v) is 7.56. The molecule has 1 N–H and O–H groups in total. The lowest BCUT2D eigenvalue weighted by Gasteiger charge is -2.38. The van der Waals surface area contributed by atoms with Gasteiger partial charge in [0.05, 0.1) is 17.3 Å². The summed E-state index contributed by atoms with van der Waals surface area (Å²) in [6.07, 6.45) is 0.686. The van der Waals surface area contributed by atoms with E-state index in [0.29, 0.717) is 5.92 Å². The molecular formula is C22H22F3N. The Balaban J connectivity index is 1.78. The summed E-state index contributed by atoms with van der Waals surface area (Å²) in [7, 11) is 0. The van der Waals surface area contributed by atoms with E-state index in [1.807, 2.05) is 6.07 Å². The predicted molar refractivity (Wildman–Crippen MR) is 98.3 cm³/mol. The minimum Gasteiger partial charge on any atom is -0.377 e. The van der Waals surface area contributed by atoms with Gasteiger partial charge >= 0.3 is 6.18 Å². The van der Waals surface area contributed by atoms with Crippen LogP contribution in [0.5, 0.6) is 0 Å². The SMILES string of the molecule is CC(C)c1ccc([C@@H]2Nc3c(cccc3C(F)(F)F)[C@H]3C=CC[C@H]32)cc1. The second-order valence-electron chi connectivity index (χ2n) is 7.56. The zero-order chi connectivity index (χ0) is 18.5. The summed E-state index contributed by atoms with van der Waals surface area (Å²) in [5.74, 6) is 0.709. The number of hydrogen-bond acceptors (Lipinski definition) is 1. The molecule has 0 saturated carbocycles. The monoisotopic (exact) mass is 357 g/mol. The molecule has 1 nitrogen and oxygen atoms in total. The van der Waals surface area contributed by atoms with E-state index < -0.39 is 11.7 Å². The summed E-state index contributed by atoms with van der Waals surface area (Å²) in [6, 6.07) is 12.7. The summed E-state index contributed by atoms with van der Waals surface area (Å²) in [5, 5.41) is 3.25. The highest BCUT2D eigenvalue weighted by Crippen LogP contribution is 2.52. The van der Waals surface area contributed by atoms with Crippen molar-refractivity contribution in [3.63, 3.8) is 0 Å². The molecule has 0 fully saturated rings. The number of alkyl halides is 3. The van der Waals surface area contributed by atoms with Gasteiger partial charge in [-0.05, 0) is 41.0 Å². The first-order valence-corrected chi connectivity index (χ1v) is 9.09. The summed E-state index contributed by atoms with van der Waals surface area (Å²) < 4.78 is 40.6. The van der Waals surface area contributed by atoms with Gasteiger partial charge in [-0.25, -0.2) is 0 Å². The van der Waals surface area contributed by atoms with Gasteiger partial charge < -0.3 is 5.32 Å². The molecule has 2 aliphatic rings. The molecular weight excluding hydrogens is 335 g/mol. The van der Waals surface area contributed by atoms with E-state index in [1.165, 1.54) is 17.7 Å². The third-order valence-electron chi connectivity index (χ3n) is 5.66. The number of anilines is 1. The van der Waals surface area contributed by atoms with Crippen LogP contribution in [0.3, 0.4) is 0 Å². The van der Waals surface area contributed by atoms with Crippen molar-refractivity contribution in [3.05, 3.63) is 76.9 Å². The fraction of sp³-hybridized carbons (Fsp3) is 0.364. The maximum Gasteiger partial charge on any atom is 0.418 e. The lowest BCUT2D eigenvalue weighted by atomic mass is 9.76. The first-order valence-electron chi connectivity index (χ1n) is 9.09. The van der Waals surface area contributed by atoms with Crippen molar-refractivity contribution < 1.29 is 13.2 Å². The summed E-state index contributed by atoms with van der Waals surface area (Å²) >= 11 is 0. The minimum absolute atomic E-state index is 0.0309. The Bertz CT molecular complexity index is 833. The van der Waals surface area contributed by atoms with E-state index in [2.05, 4.69) is 55.6 Å². The van der Waals surface area contributed by atoms with Crippen LogP contribution >= 0.6 is 0 Å². The highest BCUT2D eigenvalue weighted by atomic mass is 19.4. The van der Waals surface area contributed by atoms with E-state index in [1.54, 1.807) is 0 Å². The average molecular weight is 357 g/mol. The lowest BCUT2D eigenvalue weighted by Crippen LogP contribution is -2.30. The number of benzene rings is 2. The maximum atomic E-state index is 13.5. The Morgan fingerprint density at radius 1 is 1.04 bits per heavy atom. The average Bonchev–Trinajstić information content (AvgIpc) is 3.09. The second kappa shape index (κ2) is 6.19. The molecule has 0 saturated heterocycles. The predicted octanol–water partition coefficient (Wildman–Crippen LogP) is 6.66. The first kappa shape index (κ1) is 17.2. The summed E-state index contributed by atoms with van der Waals surface area (Å²) in [6.45, 7) is 4.27. The van der Waals surface area contributed by atoms with Crippen molar-refractivity contribution in [2.45, 2.75) is 44.3 Å². The molecule has 0 bridgehead atoms. The zero-order valence-electron chi connectivity index (χ0n) is 14.8. The third kappa shape index (κ3) is 2.81. The first-order chi connectivity index (χ1) is 12.4. The van der Waals surface area contributed by atoms with Gasteiger partial charge in [-0.1, -0.05) is 62.4 Å². The number of halogens is 3. The molecule has 0 radical (unpaired) electrons. The standard InChI is InChI=1S/C22H22F3N/c1-13(2)14-9-11-15(12-10-14)20-17-6-3-5-16(17)18-7-4-8-19(21(18)26-20)22(23,24)25/h3-5,7-13,16-17,20,26H,6H2,1-2H3/t16-,17+,20-/m0/s1. The Morgan fingerprint density at radius 3 is 2.42 bits per heavy atom. The molecule has 3 atom stereocenters. The van der Waals surface area contributed by atoms with Gasteiger partial charge in [0.25, 0.3) is 0 Å². The highest BCUT2D eigenvalue weighted by Gasteiger charge is 2.42. The number of nitrogens with one attached hydrogen (secondary N) is 1. The van der Waals surface area contributed by atoms with Crippen molar-refractivity contribution >= 4 is 5.69 Å². The molecule has 1 aliphatic carbocycles. The van der Waals surface area contributed by atoms with E-state index in [9.17, 15) is 13.2 Å². The van der Waals surface area contributed by atoms with Crippen LogP contribution in [0.4, 0.5) is 18.9 Å². The topological polar surface area (TPSA) is 12.0 Å². The van der Waals surface area contributed by atoms with Crippen molar-refractivity contribution in [2.75, 3.05) is 5.32 Å². The number of rotatable bonds is 2. The summed E-state index contributed by atoms with van der Waals surface area (Å²) in [4.78, 5) is 0. The minimum atomic E-state index is -4.36. The molecule has 2 aromatic carbocycles. The molecule has 0 unspecified atom stereocenters. The van der Waals surface area contributed by atoms with Gasteiger partial charge in [-0.3, -0.25) is 0 Å².